The normalized spacial score (nSPS) is 19.4. The lowest BCUT2D eigenvalue weighted by atomic mass is 10.1. The van der Waals surface area contributed by atoms with E-state index < -0.39 is 0 Å². The fraction of sp³-hybridized carbons (Fsp3) is 0.538. The van der Waals surface area contributed by atoms with Crippen LogP contribution < -0.4 is 10.6 Å². The molecule has 0 aliphatic carbocycles. The van der Waals surface area contributed by atoms with Crippen molar-refractivity contribution in [3.63, 3.8) is 0 Å². The van der Waals surface area contributed by atoms with Crippen LogP contribution in [0.3, 0.4) is 0 Å². The van der Waals surface area contributed by atoms with Crippen LogP contribution in [0.2, 0.25) is 0 Å². The zero-order chi connectivity index (χ0) is 12.5. The highest BCUT2D eigenvalue weighted by Crippen LogP contribution is 2.34. The first-order valence-electron chi connectivity index (χ1n) is 5.89. The van der Waals surface area contributed by atoms with Crippen molar-refractivity contribution in [3.8, 4) is 0 Å². The highest BCUT2D eigenvalue weighted by atomic mass is 79.9. The molecule has 2 N–H and O–H groups in total. The van der Waals surface area contributed by atoms with Crippen LogP contribution in [0.1, 0.15) is 19.4 Å². The number of anilines is 1. The van der Waals surface area contributed by atoms with Gasteiger partial charge in [-0.15, -0.1) is 0 Å². The molecule has 0 amide bonds. The van der Waals surface area contributed by atoms with Crippen molar-refractivity contribution in [1.82, 2.24) is 0 Å². The number of rotatable bonds is 2. The zero-order valence-corrected chi connectivity index (χ0v) is 12.8. The molecule has 1 aromatic rings. The first-order chi connectivity index (χ1) is 8.02. The van der Waals surface area contributed by atoms with Crippen molar-refractivity contribution in [2.45, 2.75) is 25.1 Å². The molecule has 17 heavy (non-hydrogen) atoms. The number of hydrogen-bond donors (Lipinski definition) is 1. The van der Waals surface area contributed by atoms with Gasteiger partial charge in [0.05, 0.1) is 0 Å². The standard InChI is InChI=1S/C13H19BrN2S/c1-13(2)9-16(5-6-17-13)12-7-11(14)4-3-10(12)8-15/h3-4,7H,5-6,8-9,15H2,1-2H3. The van der Waals surface area contributed by atoms with Crippen molar-refractivity contribution in [2.75, 3.05) is 23.7 Å². The molecule has 0 aromatic heterocycles. The molecule has 2 nitrogen and oxygen atoms in total. The molecule has 1 aliphatic rings. The number of thioether (sulfide) groups is 1. The highest BCUT2D eigenvalue weighted by Gasteiger charge is 2.27. The topological polar surface area (TPSA) is 29.3 Å². The molecule has 94 valence electrons. The Morgan fingerprint density at radius 2 is 2.24 bits per heavy atom. The molecular weight excluding hydrogens is 296 g/mol. The van der Waals surface area contributed by atoms with Crippen LogP contribution in [-0.4, -0.2) is 23.6 Å². The smallest absolute Gasteiger partial charge is 0.0423 e. The van der Waals surface area contributed by atoms with Gasteiger partial charge in [-0.1, -0.05) is 22.0 Å². The van der Waals surface area contributed by atoms with Crippen molar-refractivity contribution in [2.24, 2.45) is 5.73 Å². The minimum Gasteiger partial charge on any atom is -0.369 e. The maximum Gasteiger partial charge on any atom is 0.0423 e. The lowest BCUT2D eigenvalue weighted by molar-refractivity contribution is 0.645. The molecular formula is C13H19BrN2S. The second kappa shape index (κ2) is 5.21. The van der Waals surface area contributed by atoms with Crippen LogP contribution in [0.4, 0.5) is 5.69 Å². The van der Waals surface area contributed by atoms with Gasteiger partial charge < -0.3 is 10.6 Å². The summed E-state index contributed by atoms with van der Waals surface area (Å²) in [4.78, 5) is 2.46. The lowest BCUT2D eigenvalue weighted by Gasteiger charge is -2.39. The SMILES string of the molecule is CC1(C)CN(c2cc(Br)ccc2CN)CCS1. The summed E-state index contributed by atoms with van der Waals surface area (Å²) in [5.74, 6) is 1.18. The van der Waals surface area contributed by atoms with Gasteiger partial charge in [-0.2, -0.15) is 11.8 Å². The Hall–Kier alpha value is -0.190. The summed E-state index contributed by atoms with van der Waals surface area (Å²) in [6, 6.07) is 6.37. The van der Waals surface area contributed by atoms with Gasteiger partial charge in [0.1, 0.15) is 0 Å². The summed E-state index contributed by atoms with van der Waals surface area (Å²) in [7, 11) is 0. The van der Waals surface area contributed by atoms with Gasteiger partial charge in [0.2, 0.25) is 0 Å². The predicted molar refractivity (Wildman–Crippen MR) is 80.8 cm³/mol. The van der Waals surface area contributed by atoms with E-state index in [1.54, 1.807) is 0 Å². The van der Waals surface area contributed by atoms with E-state index in [0.717, 1.165) is 17.6 Å². The van der Waals surface area contributed by atoms with Gasteiger partial charge in [-0.25, -0.2) is 0 Å². The largest absolute Gasteiger partial charge is 0.369 e. The second-order valence-electron chi connectivity index (χ2n) is 5.01. The average molecular weight is 315 g/mol. The van der Waals surface area contributed by atoms with E-state index in [9.17, 15) is 0 Å². The van der Waals surface area contributed by atoms with E-state index >= 15 is 0 Å². The molecule has 0 bridgehead atoms. The fourth-order valence-corrected chi connectivity index (χ4v) is 3.69. The second-order valence-corrected chi connectivity index (χ2v) is 7.72. The summed E-state index contributed by atoms with van der Waals surface area (Å²) in [5.41, 5.74) is 8.35. The number of hydrogen-bond acceptors (Lipinski definition) is 3. The summed E-state index contributed by atoms with van der Waals surface area (Å²) in [6.07, 6.45) is 0. The fourth-order valence-electron chi connectivity index (χ4n) is 2.23. The number of benzene rings is 1. The number of nitrogens with two attached hydrogens (primary N) is 1. The Labute approximate surface area is 116 Å². The van der Waals surface area contributed by atoms with Gasteiger partial charge >= 0.3 is 0 Å². The minimum absolute atomic E-state index is 0.326. The Balaban J connectivity index is 2.29. The lowest BCUT2D eigenvalue weighted by Crippen LogP contribution is -2.43. The van der Waals surface area contributed by atoms with Crippen LogP contribution in [0, 0.1) is 0 Å². The van der Waals surface area contributed by atoms with Gasteiger partial charge in [0, 0.05) is 40.3 Å². The third-order valence-corrected chi connectivity index (χ3v) is 4.82. The van der Waals surface area contributed by atoms with E-state index in [0.29, 0.717) is 11.3 Å². The van der Waals surface area contributed by atoms with Crippen LogP contribution in [0.15, 0.2) is 22.7 Å². The van der Waals surface area contributed by atoms with E-state index in [4.69, 9.17) is 5.73 Å². The van der Waals surface area contributed by atoms with Crippen LogP contribution >= 0.6 is 27.7 Å². The minimum atomic E-state index is 0.326. The van der Waals surface area contributed by atoms with Crippen molar-refractivity contribution >= 4 is 33.4 Å². The molecule has 0 radical (unpaired) electrons. The molecule has 1 heterocycles. The monoisotopic (exact) mass is 314 g/mol. The van der Waals surface area contributed by atoms with Crippen LogP contribution in [0.25, 0.3) is 0 Å². The zero-order valence-electron chi connectivity index (χ0n) is 10.4. The van der Waals surface area contributed by atoms with E-state index in [1.807, 2.05) is 0 Å². The van der Waals surface area contributed by atoms with E-state index in [1.165, 1.54) is 17.0 Å². The van der Waals surface area contributed by atoms with E-state index in [-0.39, 0.29) is 0 Å². The molecule has 0 spiro atoms. The molecule has 0 unspecified atom stereocenters. The quantitative estimate of drug-likeness (QED) is 0.908. The Bertz CT molecular complexity index is 406. The summed E-state index contributed by atoms with van der Waals surface area (Å²) in [6.45, 7) is 7.42. The number of halogens is 1. The maximum atomic E-state index is 5.83. The van der Waals surface area contributed by atoms with Crippen molar-refractivity contribution in [1.29, 1.82) is 0 Å². The highest BCUT2D eigenvalue weighted by molar-refractivity contribution is 9.10. The van der Waals surface area contributed by atoms with Gasteiger partial charge in [0.15, 0.2) is 0 Å². The molecule has 0 saturated carbocycles. The first-order valence-corrected chi connectivity index (χ1v) is 7.67. The average Bonchev–Trinajstić information content (AvgIpc) is 2.27. The molecule has 1 aliphatic heterocycles. The predicted octanol–water partition coefficient (Wildman–Crippen LogP) is 3.24. The molecule has 0 atom stereocenters. The Morgan fingerprint density at radius 3 is 2.88 bits per heavy atom. The maximum absolute atomic E-state index is 5.83. The summed E-state index contributed by atoms with van der Waals surface area (Å²) >= 11 is 5.60. The van der Waals surface area contributed by atoms with Crippen molar-refractivity contribution in [3.05, 3.63) is 28.2 Å². The Morgan fingerprint density at radius 1 is 1.47 bits per heavy atom. The van der Waals surface area contributed by atoms with Crippen LogP contribution in [0.5, 0.6) is 0 Å². The van der Waals surface area contributed by atoms with Crippen LogP contribution in [-0.2, 0) is 6.54 Å². The molecule has 4 heteroatoms. The van der Waals surface area contributed by atoms with Gasteiger partial charge in [0.25, 0.3) is 0 Å². The number of nitrogens with zero attached hydrogens (tertiary/aromatic N) is 1. The molecule has 1 fully saturated rings. The van der Waals surface area contributed by atoms with Crippen molar-refractivity contribution < 1.29 is 0 Å². The summed E-state index contributed by atoms with van der Waals surface area (Å²) in [5, 5.41) is 0. The van der Waals surface area contributed by atoms with Gasteiger partial charge in [-0.3, -0.25) is 0 Å². The first kappa shape index (κ1) is 13.2. The molecule has 2 rings (SSSR count). The third kappa shape index (κ3) is 3.18. The molecule has 1 aromatic carbocycles. The summed E-state index contributed by atoms with van der Waals surface area (Å²) < 4.78 is 1.45. The Kier molecular flexibility index (Phi) is 4.06. The molecule has 1 saturated heterocycles. The van der Waals surface area contributed by atoms with Gasteiger partial charge in [-0.05, 0) is 31.5 Å². The van der Waals surface area contributed by atoms with E-state index in [2.05, 4.69) is 64.6 Å². The third-order valence-electron chi connectivity index (χ3n) is 3.03.